The molecule has 3 rings (SSSR count). The third kappa shape index (κ3) is 4.70. The molecule has 6 heteroatoms. The van der Waals surface area contributed by atoms with Gasteiger partial charge in [0.2, 0.25) is 11.8 Å². The number of amides is 2. The molecule has 3 fully saturated rings. The Morgan fingerprint density at radius 1 is 0.875 bits per heavy atom. The molecule has 0 spiro atoms. The van der Waals surface area contributed by atoms with Gasteiger partial charge < -0.3 is 20.1 Å². The predicted molar refractivity (Wildman–Crippen MR) is 89.4 cm³/mol. The molecule has 3 aliphatic rings. The molecule has 0 aromatic rings. The topological polar surface area (TPSA) is 76.7 Å². The van der Waals surface area contributed by atoms with E-state index in [-0.39, 0.29) is 29.7 Å². The van der Waals surface area contributed by atoms with Crippen LogP contribution in [0.15, 0.2) is 0 Å². The van der Waals surface area contributed by atoms with Gasteiger partial charge in [0.05, 0.1) is 25.0 Å². The Hall–Kier alpha value is -1.14. The molecule has 0 radical (unpaired) electrons. The second-order valence-corrected chi connectivity index (χ2v) is 7.38. The van der Waals surface area contributed by atoms with E-state index in [0.29, 0.717) is 38.9 Å². The van der Waals surface area contributed by atoms with Crippen LogP contribution in [0, 0.1) is 17.8 Å². The van der Waals surface area contributed by atoms with Crippen LogP contribution >= 0.6 is 0 Å². The van der Waals surface area contributed by atoms with Crippen LogP contribution in [0.3, 0.4) is 0 Å². The standard InChI is InChI=1S/C18H30N2O4/c21-17(14-6-8-23-11-14)19-10-16(13-4-2-1-3-5-13)20-18(22)15-7-9-24-12-15/h13-16H,1-12H2,(H,19,21)(H,20,22)/t14-,15+,16-/m0/s1. The fourth-order valence-corrected chi connectivity index (χ4v) is 4.01. The number of hydrogen-bond acceptors (Lipinski definition) is 4. The van der Waals surface area contributed by atoms with Crippen molar-refractivity contribution < 1.29 is 19.1 Å². The molecule has 2 heterocycles. The maximum absolute atomic E-state index is 12.5. The number of rotatable bonds is 6. The van der Waals surface area contributed by atoms with E-state index in [1.165, 1.54) is 19.3 Å². The van der Waals surface area contributed by atoms with Gasteiger partial charge >= 0.3 is 0 Å². The minimum atomic E-state index is -0.0324. The molecule has 0 unspecified atom stereocenters. The number of nitrogens with one attached hydrogen (secondary N) is 2. The first-order valence-electron chi connectivity index (χ1n) is 9.47. The van der Waals surface area contributed by atoms with Gasteiger partial charge in [0, 0.05) is 25.8 Å². The number of ether oxygens (including phenoxy) is 2. The molecule has 2 N–H and O–H groups in total. The quantitative estimate of drug-likeness (QED) is 0.764. The van der Waals surface area contributed by atoms with Crippen LogP contribution < -0.4 is 10.6 Å². The first kappa shape index (κ1) is 17.7. The zero-order chi connectivity index (χ0) is 16.8. The lowest BCUT2D eigenvalue weighted by Crippen LogP contribution is -2.50. The van der Waals surface area contributed by atoms with Gasteiger partial charge in [-0.15, -0.1) is 0 Å². The fourth-order valence-electron chi connectivity index (χ4n) is 4.01. The van der Waals surface area contributed by atoms with Crippen molar-refractivity contribution in [3.05, 3.63) is 0 Å². The lowest BCUT2D eigenvalue weighted by Gasteiger charge is -2.32. The highest BCUT2D eigenvalue weighted by molar-refractivity contribution is 5.80. The second kappa shape index (κ2) is 8.81. The van der Waals surface area contributed by atoms with Gasteiger partial charge in [0.25, 0.3) is 0 Å². The van der Waals surface area contributed by atoms with Gasteiger partial charge in [-0.25, -0.2) is 0 Å². The molecule has 1 aliphatic carbocycles. The van der Waals surface area contributed by atoms with E-state index in [1.54, 1.807) is 0 Å². The maximum Gasteiger partial charge on any atom is 0.225 e. The number of carbonyl (C=O) groups excluding carboxylic acids is 2. The summed E-state index contributed by atoms with van der Waals surface area (Å²) in [6.45, 7) is 2.91. The molecular weight excluding hydrogens is 308 g/mol. The van der Waals surface area contributed by atoms with Crippen LogP contribution in [-0.2, 0) is 19.1 Å². The second-order valence-electron chi connectivity index (χ2n) is 7.38. The fraction of sp³-hybridized carbons (Fsp3) is 0.889. The molecule has 2 saturated heterocycles. The minimum Gasteiger partial charge on any atom is -0.381 e. The zero-order valence-corrected chi connectivity index (χ0v) is 14.4. The summed E-state index contributed by atoms with van der Waals surface area (Å²) in [5, 5.41) is 6.26. The van der Waals surface area contributed by atoms with Gasteiger partial charge in [-0.3, -0.25) is 9.59 Å². The van der Waals surface area contributed by atoms with Gasteiger partial charge in [-0.2, -0.15) is 0 Å². The molecule has 1 saturated carbocycles. The predicted octanol–water partition coefficient (Wildman–Crippen LogP) is 1.24. The summed E-state index contributed by atoms with van der Waals surface area (Å²) in [6.07, 6.45) is 7.57. The van der Waals surface area contributed by atoms with Crippen LogP contribution in [0.25, 0.3) is 0 Å². The largest absolute Gasteiger partial charge is 0.381 e. The molecule has 2 aliphatic heterocycles. The van der Waals surface area contributed by atoms with Crippen molar-refractivity contribution in [1.82, 2.24) is 10.6 Å². The van der Waals surface area contributed by atoms with E-state index >= 15 is 0 Å². The number of carbonyl (C=O) groups is 2. The summed E-state index contributed by atoms with van der Waals surface area (Å²) >= 11 is 0. The van der Waals surface area contributed by atoms with Crippen molar-refractivity contribution in [2.45, 2.75) is 51.0 Å². The van der Waals surface area contributed by atoms with Gasteiger partial charge in [-0.05, 0) is 31.6 Å². The monoisotopic (exact) mass is 338 g/mol. The summed E-state index contributed by atoms with van der Waals surface area (Å²) in [7, 11) is 0. The zero-order valence-electron chi connectivity index (χ0n) is 14.4. The van der Waals surface area contributed by atoms with E-state index in [0.717, 1.165) is 25.7 Å². The smallest absolute Gasteiger partial charge is 0.225 e. The van der Waals surface area contributed by atoms with Crippen LogP contribution in [-0.4, -0.2) is 50.8 Å². The van der Waals surface area contributed by atoms with E-state index < -0.39 is 0 Å². The Morgan fingerprint density at radius 3 is 2.08 bits per heavy atom. The van der Waals surface area contributed by atoms with Gasteiger partial charge in [0.15, 0.2) is 0 Å². The molecule has 6 nitrogen and oxygen atoms in total. The molecule has 0 bridgehead atoms. The third-order valence-electron chi connectivity index (χ3n) is 5.64. The Balaban J connectivity index is 1.54. The molecule has 3 atom stereocenters. The minimum absolute atomic E-state index is 0.0315. The van der Waals surface area contributed by atoms with E-state index in [9.17, 15) is 9.59 Å². The summed E-state index contributed by atoms with van der Waals surface area (Å²) in [6, 6.07) is 0.0321. The summed E-state index contributed by atoms with van der Waals surface area (Å²) in [5.41, 5.74) is 0. The SMILES string of the molecule is O=C(NC[C@H](NC(=O)[C@@H]1CCOC1)C1CCCCC1)[C@H]1CCOC1. The van der Waals surface area contributed by atoms with E-state index in [4.69, 9.17) is 9.47 Å². The van der Waals surface area contributed by atoms with Crippen molar-refractivity contribution in [1.29, 1.82) is 0 Å². The van der Waals surface area contributed by atoms with E-state index in [2.05, 4.69) is 10.6 Å². The molecule has 24 heavy (non-hydrogen) atoms. The van der Waals surface area contributed by atoms with Crippen molar-refractivity contribution in [3.8, 4) is 0 Å². The first-order chi connectivity index (χ1) is 11.7. The van der Waals surface area contributed by atoms with E-state index in [1.807, 2.05) is 0 Å². The highest BCUT2D eigenvalue weighted by Crippen LogP contribution is 2.27. The Labute approximate surface area is 144 Å². The van der Waals surface area contributed by atoms with Crippen LogP contribution in [0.1, 0.15) is 44.9 Å². The average molecular weight is 338 g/mol. The lowest BCUT2D eigenvalue weighted by molar-refractivity contribution is -0.128. The summed E-state index contributed by atoms with van der Waals surface area (Å²) in [5.74, 6) is 0.546. The van der Waals surface area contributed by atoms with Gasteiger partial charge in [0.1, 0.15) is 0 Å². The summed E-state index contributed by atoms with van der Waals surface area (Å²) in [4.78, 5) is 24.7. The maximum atomic E-state index is 12.5. The molecule has 0 aromatic carbocycles. The Morgan fingerprint density at radius 2 is 1.50 bits per heavy atom. The van der Waals surface area contributed by atoms with Crippen LogP contribution in [0.4, 0.5) is 0 Å². The Bertz CT molecular complexity index is 425. The van der Waals surface area contributed by atoms with Crippen molar-refractivity contribution >= 4 is 11.8 Å². The van der Waals surface area contributed by atoms with Crippen LogP contribution in [0.5, 0.6) is 0 Å². The van der Waals surface area contributed by atoms with Crippen molar-refractivity contribution in [2.75, 3.05) is 33.0 Å². The van der Waals surface area contributed by atoms with Crippen molar-refractivity contribution in [2.24, 2.45) is 17.8 Å². The first-order valence-corrected chi connectivity index (χ1v) is 9.47. The van der Waals surface area contributed by atoms with Crippen molar-refractivity contribution in [3.63, 3.8) is 0 Å². The molecule has 136 valence electrons. The number of hydrogen-bond donors (Lipinski definition) is 2. The molecule has 0 aromatic heterocycles. The lowest BCUT2D eigenvalue weighted by atomic mass is 9.83. The summed E-state index contributed by atoms with van der Waals surface area (Å²) < 4.78 is 10.6. The Kier molecular flexibility index (Phi) is 6.49. The highest BCUT2D eigenvalue weighted by Gasteiger charge is 2.31. The third-order valence-corrected chi connectivity index (χ3v) is 5.64. The molecular formula is C18H30N2O4. The average Bonchev–Trinajstić information content (AvgIpc) is 3.32. The van der Waals surface area contributed by atoms with Gasteiger partial charge in [-0.1, -0.05) is 19.3 Å². The normalized spacial score (nSPS) is 29.3. The van der Waals surface area contributed by atoms with Crippen LogP contribution in [0.2, 0.25) is 0 Å². The highest BCUT2D eigenvalue weighted by atomic mass is 16.5. The molecule has 2 amide bonds.